The minimum Gasteiger partial charge on any atom is -0.351 e. The highest BCUT2D eigenvalue weighted by Crippen LogP contribution is 2.21. The van der Waals surface area contributed by atoms with E-state index in [1.54, 1.807) is 6.20 Å². The summed E-state index contributed by atoms with van der Waals surface area (Å²) in [6.45, 7) is 5.47. The van der Waals surface area contributed by atoms with E-state index in [0.29, 0.717) is 6.04 Å². The first kappa shape index (κ1) is 12.3. The molecular formula is C13H22N4. The first-order valence-electron chi connectivity index (χ1n) is 6.67. The van der Waals surface area contributed by atoms with Gasteiger partial charge in [0.25, 0.3) is 0 Å². The van der Waals surface area contributed by atoms with Gasteiger partial charge in [-0.05, 0) is 44.4 Å². The molecule has 0 saturated carbocycles. The van der Waals surface area contributed by atoms with Crippen LogP contribution in [0, 0.1) is 0 Å². The third kappa shape index (κ3) is 3.40. The molecule has 1 fully saturated rings. The molecule has 0 bridgehead atoms. The van der Waals surface area contributed by atoms with Crippen molar-refractivity contribution in [2.45, 2.75) is 38.6 Å². The fraction of sp³-hybridized carbons (Fsp3) is 0.692. The molecule has 1 aromatic rings. The van der Waals surface area contributed by atoms with Crippen molar-refractivity contribution >= 4 is 5.82 Å². The van der Waals surface area contributed by atoms with Crippen LogP contribution in [0.15, 0.2) is 18.3 Å². The van der Waals surface area contributed by atoms with E-state index in [4.69, 9.17) is 0 Å². The van der Waals surface area contributed by atoms with E-state index in [0.717, 1.165) is 25.5 Å². The van der Waals surface area contributed by atoms with Gasteiger partial charge in [0.1, 0.15) is 0 Å². The Morgan fingerprint density at radius 2 is 2.41 bits per heavy atom. The number of piperidine rings is 1. The zero-order valence-electron chi connectivity index (χ0n) is 10.6. The van der Waals surface area contributed by atoms with Gasteiger partial charge in [-0.1, -0.05) is 6.92 Å². The number of hydrogen-bond acceptors (Lipinski definition) is 4. The largest absolute Gasteiger partial charge is 0.351 e. The maximum absolute atomic E-state index is 4.23. The summed E-state index contributed by atoms with van der Waals surface area (Å²) in [7, 11) is 0. The van der Waals surface area contributed by atoms with Gasteiger partial charge in [0.15, 0.2) is 5.82 Å². The molecule has 1 aliphatic rings. The second-order valence-electron chi connectivity index (χ2n) is 4.63. The van der Waals surface area contributed by atoms with E-state index < -0.39 is 0 Å². The third-order valence-corrected chi connectivity index (χ3v) is 3.29. The van der Waals surface area contributed by atoms with Gasteiger partial charge in [0.2, 0.25) is 0 Å². The number of aromatic nitrogens is 2. The van der Waals surface area contributed by atoms with Gasteiger partial charge in [-0.25, -0.2) is 0 Å². The maximum atomic E-state index is 4.23. The van der Waals surface area contributed by atoms with Crippen molar-refractivity contribution in [3.8, 4) is 0 Å². The second-order valence-corrected chi connectivity index (χ2v) is 4.63. The topological polar surface area (TPSA) is 41.0 Å². The smallest absolute Gasteiger partial charge is 0.151 e. The summed E-state index contributed by atoms with van der Waals surface area (Å²) in [4.78, 5) is 2.40. The fourth-order valence-electron chi connectivity index (χ4n) is 2.41. The SMILES string of the molecule is CCCNCC1CCCCN1c1cccnn1. The van der Waals surface area contributed by atoms with Gasteiger partial charge >= 0.3 is 0 Å². The van der Waals surface area contributed by atoms with E-state index in [-0.39, 0.29) is 0 Å². The molecule has 17 heavy (non-hydrogen) atoms. The summed E-state index contributed by atoms with van der Waals surface area (Å²) in [6, 6.07) is 4.60. The average Bonchev–Trinajstić information content (AvgIpc) is 2.41. The molecule has 0 aliphatic carbocycles. The lowest BCUT2D eigenvalue weighted by Crippen LogP contribution is -2.46. The number of rotatable bonds is 5. The van der Waals surface area contributed by atoms with Crippen LogP contribution in [-0.2, 0) is 0 Å². The zero-order chi connectivity index (χ0) is 11.9. The van der Waals surface area contributed by atoms with Gasteiger partial charge in [-0.15, -0.1) is 5.10 Å². The summed E-state index contributed by atoms with van der Waals surface area (Å²) in [5, 5.41) is 11.7. The number of nitrogens with one attached hydrogen (secondary N) is 1. The van der Waals surface area contributed by atoms with E-state index in [1.165, 1.54) is 25.7 Å². The Kier molecular flexibility index (Phi) is 4.74. The molecule has 1 saturated heterocycles. The van der Waals surface area contributed by atoms with Gasteiger partial charge in [0.05, 0.1) is 0 Å². The second kappa shape index (κ2) is 6.55. The van der Waals surface area contributed by atoms with Crippen LogP contribution in [0.1, 0.15) is 32.6 Å². The summed E-state index contributed by atoms with van der Waals surface area (Å²) in [5.74, 6) is 1.02. The Morgan fingerprint density at radius 1 is 1.47 bits per heavy atom. The molecule has 2 heterocycles. The molecule has 1 aromatic heterocycles. The lowest BCUT2D eigenvalue weighted by Gasteiger charge is -2.36. The first-order valence-corrected chi connectivity index (χ1v) is 6.67. The minimum atomic E-state index is 0.576. The molecule has 1 aliphatic heterocycles. The molecule has 0 aromatic carbocycles. The molecule has 0 radical (unpaired) electrons. The lowest BCUT2D eigenvalue weighted by atomic mass is 10.0. The van der Waals surface area contributed by atoms with Crippen molar-refractivity contribution in [2.24, 2.45) is 0 Å². The van der Waals surface area contributed by atoms with Crippen LogP contribution in [0.25, 0.3) is 0 Å². The van der Waals surface area contributed by atoms with Gasteiger partial charge in [-0.3, -0.25) is 0 Å². The van der Waals surface area contributed by atoms with E-state index in [9.17, 15) is 0 Å². The van der Waals surface area contributed by atoms with Crippen LogP contribution in [0.3, 0.4) is 0 Å². The van der Waals surface area contributed by atoms with Crippen LogP contribution in [0.2, 0.25) is 0 Å². The normalized spacial score (nSPS) is 20.5. The highest BCUT2D eigenvalue weighted by molar-refractivity contribution is 5.38. The summed E-state index contributed by atoms with van der Waals surface area (Å²) >= 11 is 0. The Balaban J connectivity index is 1.97. The van der Waals surface area contributed by atoms with Crippen LogP contribution < -0.4 is 10.2 Å². The van der Waals surface area contributed by atoms with Gasteiger partial charge < -0.3 is 10.2 Å². The average molecular weight is 234 g/mol. The molecular weight excluding hydrogens is 212 g/mol. The van der Waals surface area contributed by atoms with Crippen molar-refractivity contribution in [3.05, 3.63) is 18.3 Å². The number of anilines is 1. The first-order chi connectivity index (χ1) is 8.42. The minimum absolute atomic E-state index is 0.576. The van der Waals surface area contributed by atoms with Crippen molar-refractivity contribution in [1.82, 2.24) is 15.5 Å². The Morgan fingerprint density at radius 3 is 3.18 bits per heavy atom. The quantitative estimate of drug-likeness (QED) is 0.789. The van der Waals surface area contributed by atoms with E-state index >= 15 is 0 Å². The molecule has 4 nitrogen and oxygen atoms in total. The zero-order valence-corrected chi connectivity index (χ0v) is 10.6. The van der Waals surface area contributed by atoms with E-state index in [2.05, 4.69) is 33.4 Å². The van der Waals surface area contributed by atoms with Crippen LogP contribution in [-0.4, -0.2) is 35.9 Å². The molecule has 0 spiro atoms. The van der Waals surface area contributed by atoms with Crippen LogP contribution in [0.4, 0.5) is 5.82 Å². The molecule has 1 atom stereocenters. The van der Waals surface area contributed by atoms with Gasteiger partial charge in [-0.2, -0.15) is 5.10 Å². The van der Waals surface area contributed by atoms with Crippen molar-refractivity contribution < 1.29 is 0 Å². The predicted molar refractivity (Wildman–Crippen MR) is 70.2 cm³/mol. The summed E-state index contributed by atoms with van der Waals surface area (Å²) in [6.07, 6.45) is 6.78. The van der Waals surface area contributed by atoms with E-state index in [1.807, 2.05) is 6.07 Å². The molecule has 1 unspecified atom stereocenters. The maximum Gasteiger partial charge on any atom is 0.151 e. The number of nitrogens with zero attached hydrogens (tertiary/aromatic N) is 3. The fourth-order valence-corrected chi connectivity index (χ4v) is 2.41. The highest BCUT2D eigenvalue weighted by Gasteiger charge is 2.22. The molecule has 0 amide bonds. The monoisotopic (exact) mass is 234 g/mol. The molecule has 1 N–H and O–H groups in total. The third-order valence-electron chi connectivity index (χ3n) is 3.29. The Hall–Kier alpha value is -1.16. The lowest BCUT2D eigenvalue weighted by molar-refractivity contribution is 0.432. The number of hydrogen-bond donors (Lipinski definition) is 1. The molecule has 94 valence electrons. The summed E-state index contributed by atoms with van der Waals surface area (Å²) < 4.78 is 0. The predicted octanol–water partition coefficient (Wildman–Crippen LogP) is 1.84. The van der Waals surface area contributed by atoms with Crippen molar-refractivity contribution in [1.29, 1.82) is 0 Å². The Bertz CT molecular complexity index is 314. The highest BCUT2D eigenvalue weighted by atomic mass is 15.3. The summed E-state index contributed by atoms with van der Waals surface area (Å²) in [5.41, 5.74) is 0. The molecule has 2 rings (SSSR count). The van der Waals surface area contributed by atoms with Crippen LogP contribution in [0.5, 0.6) is 0 Å². The Labute approximate surface area is 103 Å². The van der Waals surface area contributed by atoms with Crippen molar-refractivity contribution in [2.75, 3.05) is 24.5 Å². The van der Waals surface area contributed by atoms with Crippen molar-refractivity contribution in [3.63, 3.8) is 0 Å². The van der Waals surface area contributed by atoms with Crippen LogP contribution >= 0.6 is 0 Å². The standard InChI is InChI=1S/C13H22N4/c1-2-8-14-11-12-6-3-4-10-17(12)13-7-5-9-15-16-13/h5,7,9,12,14H,2-4,6,8,10-11H2,1H3. The van der Waals surface area contributed by atoms with Gasteiger partial charge in [0, 0.05) is 25.3 Å². The molecule has 4 heteroatoms.